The van der Waals surface area contributed by atoms with Crippen molar-refractivity contribution in [3.05, 3.63) is 35.6 Å². The third kappa shape index (κ3) is 5.88. The van der Waals surface area contributed by atoms with Crippen molar-refractivity contribution < 1.29 is 31.8 Å². The number of amides is 1. The molecule has 0 N–H and O–H groups in total. The number of carbonyl (C=O) groups is 1. The number of likely N-dealkylation sites (tertiary alicyclic amines) is 1. The molecule has 1 aliphatic heterocycles. The summed E-state index contributed by atoms with van der Waals surface area (Å²) in [6.07, 6.45) is -5.86. The summed E-state index contributed by atoms with van der Waals surface area (Å²) < 4.78 is 60.8. The third-order valence-electron chi connectivity index (χ3n) is 3.61. The number of carbonyl (C=O) groups excluding carboxylic acids is 1. The normalized spacial score (nSPS) is 17.2. The number of benzene rings is 1. The molecule has 1 amide bonds. The van der Waals surface area contributed by atoms with Crippen LogP contribution in [0.2, 0.25) is 0 Å². The maximum Gasteiger partial charge on any atom is 0.411 e. The summed E-state index contributed by atoms with van der Waals surface area (Å²) in [5, 5.41) is 0. The highest BCUT2D eigenvalue weighted by molar-refractivity contribution is 5.69. The van der Waals surface area contributed by atoms with Crippen molar-refractivity contribution >= 4 is 6.09 Å². The first-order chi connectivity index (χ1) is 11.4. The molecule has 2 rings (SSSR count). The number of rotatable bonds is 4. The summed E-state index contributed by atoms with van der Waals surface area (Å²) >= 11 is 0. The maximum atomic E-state index is 13.1. The number of hydrogen-bond donors (Lipinski definition) is 0. The van der Waals surface area contributed by atoms with E-state index in [1.54, 1.807) is 20.8 Å². The van der Waals surface area contributed by atoms with Gasteiger partial charge in [0.05, 0.1) is 6.10 Å². The Labute approximate surface area is 143 Å². The number of halogens is 4. The van der Waals surface area contributed by atoms with Crippen molar-refractivity contribution in [3.63, 3.8) is 0 Å². The van der Waals surface area contributed by atoms with Gasteiger partial charge in [-0.1, -0.05) is 12.1 Å². The van der Waals surface area contributed by atoms with Gasteiger partial charge in [0.15, 0.2) is 0 Å². The first-order valence-corrected chi connectivity index (χ1v) is 7.86. The molecular weight excluding hydrogens is 342 g/mol. The van der Waals surface area contributed by atoms with Gasteiger partial charge in [-0.15, -0.1) is 0 Å². The molecule has 0 aromatic heterocycles. The van der Waals surface area contributed by atoms with Crippen LogP contribution >= 0.6 is 0 Å². The first kappa shape index (κ1) is 19.5. The van der Waals surface area contributed by atoms with Gasteiger partial charge in [0.2, 0.25) is 0 Å². The molecule has 0 bridgehead atoms. The predicted molar refractivity (Wildman–Crippen MR) is 82.4 cm³/mol. The standard InChI is InChI=1S/C17H21F4NO3/c1-16(2,3)25-15(23)22-8-12(9-22)14(24-10-17(19,20)21)11-4-6-13(18)7-5-11/h4-7,12,14H,8-10H2,1-3H3/t14-/m1/s1. The van der Waals surface area contributed by atoms with E-state index in [1.807, 2.05) is 0 Å². The van der Waals surface area contributed by atoms with Crippen LogP contribution in [-0.4, -0.2) is 42.5 Å². The van der Waals surface area contributed by atoms with Gasteiger partial charge in [-0.05, 0) is 38.5 Å². The zero-order chi connectivity index (χ0) is 18.8. The van der Waals surface area contributed by atoms with Crippen LogP contribution in [0.1, 0.15) is 32.4 Å². The second kappa shape index (κ2) is 7.19. The van der Waals surface area contributed by atoms with Crippen LogP contribution in [0.25, 0.3) is 0 Å². The van der Waals surface area contributed by atoms with E-state index in [0.29, 0.717) is 5.56 Å². The molecule has 1 aliphatic rings. The van der Waals surface area contributed by atoms with Gasteiger partial charge in [-0.25, -0.2) is 9.18 Å². The first-order valence-electron chi connectivity index (χ1n) is 7.86. The zero-order valence-electron chi connectivity index (χ0n) is 14.3. The van der Waals surface area contributed by atoms with Gasteiger partial charge in [0, 0.05) is 19.0 Å². The van der Waals surface area contributed by atoms with E-state index in [4.69, 9.17) is 9.47 Å². The van der Waals surface area contributed by atoms with Crippen LogP contribution < -0.4 is 0 Å². The fourth-order valence-corrected chi connectivity index (χ4v) is 2.52. The van der Waals surface area contributed by atoms with Crippen LogP contribution in [0.3, 0.4) is 0 Å². The lowest BCUT2D eigenvalue weighted by Gasteiger charge is -2.43. The molecule has 4 nitrogen and oxygen atoms in total. The monoisotopic (exact) mass is 363 g/mol. The van der Waals surface area contributed by atoms with E-state index < -0.39 is 36.4 Å². The molecule has 1 heterocycles. The molecule has 1 aromatic carbocycles. The minimum absolute atomic E-state index is 0.217. The van der Waals surface area contributed by atoms with Crippen molar-refractivity contribution in [1.29, 1.82) is 0 Å². The molecule has 0 saturated carbocycles. The van der Waals surface area contributed by atoms with Crippen molar-refractivity contribution in [1.82, 2.24) is 4.90 Å². The van der Waals surface area contributed by atoms with Gasteiger partial charge < -0.3 is 14.4 Å². The van der Waals surface area contributed by atoms with E-state index in [2.05, 4.69) is 0 Å². The Morgan fingerprint density at radius 1 is 1.20 bits per heavy atom. The average Bonchev–Trinajstić information content (AvgIpc) is 2.39. The highest BCUT2D eigenvalue weighted by Crippen LogP contribution is 2.35. The molecule has 0 unspecified atom stereocenters. The second-order valence-corrected chi connectivity index (χ2v) is 7.04. The van der Waals surface area contributed by atoms with Crippen LogP contribution in [-0.2, 0) is 9.47 Å². The summed E-state index contributed by atoms with van der Waals surface area (Å²) in [6.45, 7) is 4.23. The Balaban J connectivity index is 2.02. The Morgan fingerprint density at radius 3 is 2.24 bits per heavy atom. The van der Waals surface area contributed by atoms with Gasteiger partial charge in [-0.3, -0.25) is 0 Å². The van der Waals surface area contributed by atoms with Gasteiger partial charge in [-0.2, -0.15) is 13.2 Å². The topological polar surface area (TPSA) is 38.8 Å². The number of alkyl halides is 3. The molecule has 140 valence electrons. The average molecular weight is 363 g/mol. The molecule has 1 atom stereocenters. The highest BCUT2D eigenvalue weighted by Gasteiger charge is 2.41. The zero-order valence-corrected chi connectivity index (χ0v) is 14.3. The molecule has 1 aromatic rings. The molecule has 25 heavy (non-hydrogen) atoms. The summed E-state index contributed by atoms with van der Waals surface area (Å²) in [4.78, 5) is 13.3. The van der Waals surface area contributed by atoms with E-state index in [1.165, 1.54) is 29.2 Å². The van der Waals surface area contributed by atoms with Crippen LogP contribution in [0.15, 0.2) is 24.3 Å². The molecule has 0 aliphatic carbocycles. The highest BCUT2D eigenvalue weighted by atomic mass is 19.4. The number of ether oxygens (including phenoxy) is 2. The van der Waals surface area contributed by atoms with Crippen molar-refractivity contribution in [2.75, 3.05) is 19.7 Å². The molecule has 8 heteroatoms. The lowest BCUT2D eigenvalue weighted by molar-refractivity contribution is -0.197. The minimum Gasteiger partial charge on any atom is -0.444 e. The van der Waals surface area contributed by atoms with Crippen LogP contribution in [0.5, 0.6) is 0 Å². The number of nitrogens with zero attached hydrogens (tertiary/aromatic N) is 1. The minimum atomic E-state index is -4.47. The smallest absolute Gasteiger partial charge is 0.411 e. The fraction of sp³-hybridized carbons (Fsp3) is 0.588. The predicted octanol–water partition coefficient (Wildman–Crippen LogP) is 4.31. The second-order valence-electron chi connectivity index (χ2n) is 7.04. The van der Waals surface area contributed by atoms with Crippen molar-refractivity contribution in [3.8, 4) is 0 Å². The van der Waals surface area contributed by atoms with E-state index in [0.717, 1.165) is 0 Å². The summed E-state index contributed by atoms with van der Waals surface area (Å²) in [6, 6.07) is 5.13. The summed E-state index contributed by atoms with van der Waals surface area (Å²) in [5.74, 6) is -0.803. The molecular formula is C17H21F4NO3. The van der Waals surface area contributed by atoms with Crippen LogP contribution in [0.4, 0.5) is 22.4 Å². The molecule has 1 fully saturated rings. The Morgan fingerprint density at radius 2 is 1.76 bits per heavy atom. The van der Waals surface area contributed by atoms with Crippen LogP contribution in [0, 0.1) is 11.7 Å². The largest absolute Gasteiger partial charge is 0.444 e. The van der Waals surface area contributed by atoms with Gasteiger partial charge >= 0.3 is 12.3 Å². The van der Waals surface area contributed by atoms with E-state index >= 15 is 0 Å². The van der Waals surface area contributed by atoms with Gasteiger partial charge in [0.25, 0.3) is 0 Å². The lowest BCUT2D eigenvalue weighted by atomic mass is 9.89. The quantitative estimate of drug-likeness (QED) is 0.748. The van der Waals surface area contributed by atoms with Crippen molar-refractivity contribution in [2.24, 2.45) is 5.92 Å². The Kier molecular flexibility index (Phi) is 5.61. The van der Waals surface area contributed by atoms with Gasteiger partial charge in [0.1, 0.15) is 18.0 Å². The lowest BCUT2D eigenvalue weighted by Crippen LogP contribution is -2.54. The molecule has 0 radical (unpaired) electrons. The van der Waals surface area contributed by atoms with Crippen molar-refractivity contribution in [2.45, 2.75) is 38.7 Å². The Bertz CT molecular complexity index is 589. The van der Waals surface area contributed by atoms with E-state index in [9.17, 15) is 22.4 Å². The van der Waals surface area contributed by atoms with E-state index in [-0.39, 0.29) is 19.0 Å². The Hall–Kier alpha value is -1.83. The summed E-state index contributed by atoms with van der Waals surface area (Å²) in [5.41, 5.74) is -0.204. The summed E-state index contributed by atoms with van der Waals surface area (Å²) in [7, 11) is 0. The fourth-order valence-electron chi connectivity index (χ4n) is 2.52. The molecule has 1 saturated heterocycles. The SMILES string of the molecule is CC(C)(C)OC(=O)N1CC([C@H](OCC(F)(F)F)c2ccc(F)cc2)C1. The third-order valence-corrected chi connectivity index (χ3v) is 3.61. The maximum absolute atomic E-state index is 13.1. The number of hydrogen-bond acceptors (Lipinski definition) is 3. The molecule has 0 spiro atoms.